The minimum absolute atomic E-state index is 0.0482. The Morgan fingerprint density at radius 3 is 1.26 bits per heavy atom. The van der Waals surface area contributed by atoms with E-state index >= 15 is 0 Å². The number of fused-ring (bicyclic) bond motifs is 2. The van der Waals surface area contributed by atoms with Gasteiger partial charge in [-0.2, -0.15) is 0 Å². The van der Waals surface area contributed by atoms with Crippen molar-refractivity contribution in [2.24, 2.45) is 11.8 Å². The molecule has 10 heteroatoms. The van der Waals surface area contributed by atoms with Crippen LogP contribution < -0.4 is 18.9 Å². The van der Waals surface area contributed by atoms with Crippen molar-refractivity contribution in [2.45, 2.75) is 12.2 Å². The maximum absolute atomic E-state index is 14.4. The highest BCUT2D eigenvalue weighted by molar-refractivity contribution is 6.11. The molecule has 0 saturated carbocycles. The number of rotatable bonds is 5. The molecule has 2 aliphatic heterocycles. The SMILES string of the molecule is COc1ccc([C@H]2Oc3cc(O)cc(O)c3C(=O)[C@@H]2[C@H]2C(=O)c3c(O)cc(O)cc3O[C@@H]2c2ccc(OC)cc2)cc1. The lowest BCUT2D eigenvalue weighted by molar-refractivity contribution is 0.0129. The number of Topliss-reactive ketones (excluding diaryl/α,β-unsaturated/α-hetero) is 2. The first-order valence-corrected chi connectivity index (χ1v) is 13.0. The molecule has 10 nitrogen and oxygen atoms in total. The number of carbonyl (C=O) groups excluding carboxylic acids is 2. The summed E-state index contributed by atoms with van der Waals surface area (Å²) in [5.41, 5.74) is 0.656. The number of ketones is 2. The zero-order valence-electron chi connectivity index (χ0n) is 22.5. The first-order chi connectivity index (χ1) is 20.2. The molecule has 6 rings (SSSR count). The van der Waals surface area contributed by atoms with E-state index in [1.807, 2.05) is 0 Å². The average molecular weight is 571 g/mol. The van der Waals surface area contributed by atoms with E-state index in [1.54, 1.807) is 48.5 Å². The van der Waals surface area contributed by atoms with Crippen LogP contribution in [-0.2, 0) is 0 Å². The second-order valence-corrected chi connectivity index (χ2v) is 10.1. The van der Waals surface area contributed by atoms with E-state index in [0.29, 0.717) is 22.6 Å². The normalized spacial score (nSPS) is 21.0. The second-order valence-electron chi connectivity index (χ2n) is 10.1. The van der Waals surface area contributed by atoms with E-state index in [-0.39, 0.29) is 34.1 Å². The van der Waals surface area contributed by atoms with Gasteiger partial charge in [0.15, 0.2) is 11.6 Å². The Hall–Kier alpha value is -5.38. The molecule has 0 aromatic heterocycles. The molecule has 0 spiro atoms. The van der Waals surface area contributed by atoms with Crippen molar-refractivity contribution < 1.29 is 49.0 Å². The third kappa shape index (κ3) is 4.37. The quantitative estimate of drug-likeness (QED) is 0.255. The highest BCUT2D eigenvalue weighted by atomic mass is 16.5. The predicted octanol–water partition coefficient (Wildman–Crippen LogP) is 5.09. The van der Waals surface area contributed by atoms with Crippen molar-refractivity contribution in [1.29, 1.82) is 0 Å². The molecule has 4 atom stereocenters. The molecule has 0 fully saturated rings. The number of hydrogen-bond acceptors (Lipinski definition) is 10. The van der Waals surface area contributed by atoms with Crippen molar-refractivity contribution >= 4 is 11.6 Å². The van der Waals surface area contributed by atoms with E-state index in [9.17, 15) is 30.0 Å². The fraction of sp³-hybridized carbons (Fsp3) is 0.188. The van der Waals surface area contributed by atoms with Crippen molar-refractivity contribution in [3.8, 4) is 46.0 Å². The summed E-state index contributed by atoms with van der Waals surface area (Å²) in [5, 5.41) is 41.7. The molecule has 0 amide bonds. The first kappa shape index (κ1) is 26.8. The molecule has 0 bridgehead atoms. The van der Waals surface area contributed by atoms with Crippen LogP contribution in [0.3, 0.4) is 0 Å². The standard InChI is InChI=1S/C32H26O10/c1-39-19-7-3-15(4-8-19)31-27(29(37)25-21(35)11-17(33)13-23(25)41-31)28-30(38)26-22(36)12-18(34)14-24(26)42-32(28)16-5-9-20(40-2)10-6-16/h3-14,27-28,31-36H,1-2H3/t27-,28-,31+,32+/m0/s1. The zero-order valence-corrected chi connectivity index (χ0v) is 22.5. The smallest absolute Gasteiger partial charge is 0.178 e. The number of phenols is 4. The van der Waals surface area contributed by atoms with E-state index in [4.69, 9.17) is 18.9 Å². The van der Waals surface area contributed by atoms with Crippen LogP contribution >= 0.6 is 0 Å². The van der Waals surface area contributed by atoms with Gasteiger partial charge in [0, 0.05) is 24.3 Å². The summed E-state index contributed by atoms with van der Waals surface area (Å²) >= 11 is 0. The Kier molecular flexibility index (Phi) is 6.53. The van der Waals surface area contributed by atoms with Crippen LogP contribution in [0.1, 0.15) is 44.1 Å². The molecular weight excluding hydrogens is 544 g/mol. The van der Waals surface area contributed by atoms with Gasteiger partial charge in [0.25, 0.3) is 0 Å². The number of aromatic hydroxyl groups is 4. The van der Waals surface area contributed by atoms with Gasteiger partial charge in [-0.15, -0.1) is 0 Å². The van der Waals surface area contributed by atoms with Gasteiger partial charge in [-0.25, -0.2) is 0 Å². The van der Waals surface area contributed by atoms with Gasteiger partial charge in [0.05, 0.1) is 26.1 Å². The number of ether oxygens (including phenoxy) is 4. The Morgan fingerprint density at radius 1 is 0.571 bits per heavy atom. The minimum Gasteiger partial charge on any atom is -0.508 e. The largest absolute Gasteiger partial charge is 0.508 e. The summed E-state index contributed by atoms with van der Waals surface area (Å²) in [5.74, 6) is -4.37. The maximum atomic E-state index is 14.4. The van der Waals surface area contributed by atoms with Crippen LogP contribution in [-0.4, -0.2) is 46.2 Å². The molecular formula is C32H26O10. The number of benzene rings is 4. The van der Waals surface area contributed by atoms with Crippen molar-refractivity contribution in [1.82, 2.24) is 0 Å². The summed E-state index contributed by atoms with van der Waals surface area (Å²) < 4.78 is 23.1. The number of methoxy groups -OCH3 is 2. The number of phenolic OH excluding ortho intramolecular Hbond substituents is 4. The Balaban J connectivity index is 1.57. The van der Waals surface area contributed by atoms with Gasteiger partial charge in [-0.1, -0.05) is 24.3 Å². The van der Waals surface area contributed by atoms with Crippen LogP contribution in [0.25, 0.3) is 0 Å². The molecule has 4 N–H and O–H groups in total. The highest BCUT2D eigenvalue weighted by Crippen LogP contribution is 2.53. The van der Waals surface area contributed by atoms with Crippen LogP contribution in [0.4, 0.5) is 0 Å². The molecule has 4 aromatic rings. The molecule has 4 aromatic carbocycles. The molecule has 42 heavy (non-hydrogen) atoms. The third-order valence-corrected chi connectivity index (χ3v) is 7.67. The van der Waals surface area contributed by atoms with E-state index in [0.717, 1.165) is 12.1 Å². The summed E-state index contributed by atoms with van der Waals surface area (Å²) in [6.45, 7) is 0. The fourth-order valence-corrected chi connectivity index (χ4v) is 5.72. The Labute approximate surface area is 239 Å². The molecule has 0 radical (unpaired) electrons. The van der Waals surface area contributed by atoms with Gasteiger partial charge >= 0.3 is 0 Å². The van der Waals surface area contributed by atoms with Gasteiger partial charge in [-0.05, 0) is 35.4 Å². The van der Waals surface area contributed by atoms with Gasteiger partial charge in [0.2, 0.25) is 0 Å². The lowest BCUT2D eigenvalue weighted by atomic mass is 9.69. The van der Waals surface area contributed by atoms with Gasteiger partial charge in [0.1, 0.15) is 69.3 Å². The van der Waals surface area contributed by atoms with Crippen molar-refractivity contribution in [2.75, 3.05) is 14.2 Å². The Morgan fingerprint density at radius 2 is 0.929 bits per heavy atom. The summed E-state index contributed by atoms with van der Waals surface area (Å²) in [6, 6.07) is 18.0. The summed E-state index contributed by atoms with van der Waals surface area (Å²) in [6.07, 6.45) is -2.15. The lowest BCUT2D eigenvalue weighted by Gasteiger charge is -2.42. The molecule has 0 saturated heterocycles. The lowest BCUT2D eigenvalue weighted by Crippen LogP contribution is -2.45. The van der Waals surface area contributed by atoms with Crippen LogP contribution in [0.5, 0.6) is 46.0 Å². The van der Waals surface area contributed by atoms with Crippen LogP contribution in [0, 0.1) is 11.8 Å². The van der Waals surface area contributed by atoms with E-state index < -0.39 is 47.1 Å². The minimum atomic E-state index is -1.26. The molecule has 0 unspecified atom stereocenters. The van der Waals surface area contributed by atoms with Gasteiger partial charge < -0.3 is 39.4 Å². The van der Waals surface area contributed by atoms with Crippen molar-refractivity contribution in [3.05, 3.63) is 95.1 Å². The third-order valence-electron chi connectivity index (χ3n) is 7.67. The molecule has 2 aliphatic rings. The van der Waals surface area contributed by atoms with Crippen molar-refractivity contribution in [3.63, 3.8) is 0 Å². The van der Waals surface area contributed by atoms with Crippen LogP contribution in [0.15, 0.2) is 72.8 Å². The molecule has 0 aliphatic carbocycles. The maximum Gasteiger partial charge on any atom is 0.178 e. The molecule has 214 valence electrons. The van der Waals surface area contributed by atoms with E-state index in [2.05, 4.69) is 0 Å². The average Bonchev–Trinajstić information content (AvgIpc) is 2.96. The first-order valence-electron chi connectivity index (χ1n) is 13.0. The summed E-state index contributed by atoms with van der Waals surface area (Å²) in [7, 11) is 3.03. The molecule has 2 heterocycles. The van der Waals surface area contributed by atoms with E-state index in [1.165, 1.54) is 26.4 Å². The number of carbonyl (C=O) groups is 2. The second kappa shape index (κ2) is 10.2. The number of hydrogen-bond donors (Lipinski definition) is 4. The van der Waals surface area contributed by atoms with Gasteiger partial charge in [-0.3, -0.25) is 9.59 Å². The van der Waals surface area contributed by atoms with Crippen LogP contribution in [0.2, 0.25) is 0 Å². The highest BCUT2D eigenvalue weighted by Gasteiger charge is 2.53. The fourth-order valence-electron chi connectivity index (χ4n) is 5.72. The monoisotopic (exact) mass is 570 g/mol. The zero-order chi connectivity index (χ0) is 29.7. The topological polar surface area (TPSA) is 152 Å². The summed E-state index contributed by atoms with van der Waals surface area (Å²) in [4.78, 5) is 28.7. The Bertz CT molecular complexity index is 1570. The predicted molar refractivity (Wildman–Crippen MR) is 148 cm³/mol.